The summed E-state index contributed by atoms with van der Waals surface area (Å²) >= 11 is 0. The number of likely N-dealkylation sites (tertiary alicyclic amines) is 5. The first-order valence-electron chi connectivity index (χ1n) is 29.9. The smallest absolute Gasteiger partial charge is 0.323 e. The van der Waals surface area contributed by atoms with Crippen LogP contribution in [0.5, 0.6) is 0 Å². The number of likely N-dealkylation sites (N-methyl/N-ethyl adjacent to an activating group) is 4. The van der Waals surface area contributed by atoms with Gasteiger partial charge in [0.2, 0.25) is 35.4 Å². The fraction of sp³-hybridized carbons (Fsp3) is 0.787. The van der Waals surface area contributed by atoms with E-state index in [1.807, 2.05) is 100 Å². The maximum absolute atomic E-state index is 14.2. The second kappa shape index (κ2) is 29.4. The number of ether oxygens (including phenoxy) is 1. The van der Waals surface area contributed by atoms with Crippen LogP contribution in [-0.4, -0.2) is 211 Å². The van der Waals surface area contributed by atoms with Gasteiger partial charge in [0.1, 0.15) is 24.2 Å². The molecule has 1 aromatic rings. The van der Waals surface area contributed by atoms with Crippen molar-refractivity contribution in [3.05, 3.63) is 35.9 Å². The number of benzene rings is 1. The standard InChI is InChI=1S/C36H58N6O4.C25H46N4O4/c1-25(2)30(40(7)35(46)31(36(3,4)5)38-33(44)27-17-11-12-20-39(27)6)24-41-21-13-19-29(41)34(45)42-22-14-18-28(42)32(43)37-23-26-15-9-8-10-16-26;1-17(2)20(16-29-15-11-13-19(29)24(32)33-8)28(7)23(31)21(25(3,4)5)26-22(30)18-12-9-10-14-27(18)6/h8-10,15-16,25,27-31H,11-14,17-24H2,1-7H3,(H,37,43)(H,38,44);17-21H,9-16H2,1-8H3,(H,26,30)/t27?,28-,29-,30+,31+;18?,19-,20+,21+/m00/s1. The molecule has 5 fully saturated rings. The zero-order chi connectivity index (χ0) is 58.5. The maximum Gasteiger partial charge on any atom is 0.323 e. The van der Waals surface area contributed by atoms with Crippen molar-refractivity contribution in [3.63, 3.8) is 0 Å². The molecule has 0 aliphatic carbocycles. The van der Waals surface area contributed by atoms with E-state index < -0.39 is 29.0 Å². The van der Waals surface area contributed by atoms with Crippen molar-refractivity contribution >= 4 is 41.4 Å². The lowest BCUT2D eigenvalue weighted by atomic mass is 9.84. The van der Waals surface area contributed by atoms with E-state index in [9.17, 15) is 33.6 Å². The normalized spacial score (nSPS) is 24.2. The average molecular weight is 1110 g/mol. The van der Waals surface area contributed by atoms with E-state index in [1.165, 1.54) is 7.11 Å². The topological polar surface area (TPSA) is 187 Å². The van der Waals surface area contributed by atoms with Gasteiger partial charge in [-0.05, 0) is 133 Å². The Bertz CT molecular complexity index is 2180. The SMILES string of the molecule is CC(C)[C@@H](CN1CCC[C@H]1C(=O)N1CCC[C@H]1C(=O)NCc1ccccc1)N(C)C(=O)[C@@H](NC(=O)C1CCCCN1C)C(C)(C)C.COC(=O)[C@@H]1CCCN1C[C@H](C(C)C)N(C)C(=O)[C@@H](NC(=O)C1CCCCN1C)C(C)(C)C. The Kier molecular flexibility index (Phi) is 24.2. The van der Waals surface area contributed by atoms with Crippen LogP contribution in [0.3, 0.4) is 0 Å². The Morgan fingerprint density at radius 2 is 0.975 bits per heavy atom. The van der Waals surface area contributed by atoms with Crippen LogP contribution in [0.25, 0.3) is 0 Å². The molecule has 446 valence electrons. The summed E-state index contributed by atoms with van der Waals surface area (Å²) in [5.41, 5.74) is 0.118. The van der Waals surface area contributed by atoms with Crippen LogP contribution in [0.4, 0.5) is 0 Å². The number of amides is 6. The molecule has 18 heteroatoms. The second-order valence-electron chi connectivity index (χ2n) is 26.3. The summed E-state index contributed by atoms with van der Waals surface area (Å²) in [6, 6.07) is 6.86. The largest absolute Gasteiger partial charge is 0.468 e. The van der Waals surface area contributed by atoms with E-state index in [0.717, 1.165) is 102 Å². The highest BCUT2D eigenvalue weighted by Crippen LogP contribution is 2.30. The van der Waals surface area contributed by atoms with E-state index in [2.05, 4.69) is 63.2 Å². The van der Waals surface area contributed by atoms with E-state index in [4.69, 9.17) is 4.74 Å². The van der Waals surface area contributed by atoms with Gasteiger partial charge < -0.3 is 35.4 Å². The Hall–Kier alpha value is -4.65. The molecule has 0 radical (unpaired) electrons. The summed E-state index contributed by atoms with van der Waals surface area (Å²) < 4.78 is 4.99. The highest BCUT2D eigenvalue weighted by atomic mass is 16.5. The third-order valence-corrected chi connectivity index (χ3v) is 17.7. The molecule has 0 aromatic heterocycles. The molecular weight excluding hydrogens is 1000 g/mol. The molecule has 0 spiro atoms. The van der Waals surface area contributed by atoms with Crippen molar-refractivity contribution in [1.82, 2.24) is 50.2 Å². The fourth-order valence-corrected chi connectivity index (χ4v) is 12.5. The van der Waals surface area contributed by atoms with Crippen LogP contribution in [0.1, 0.15) is 152 Å². The lowest BCUT2D eigenvalue weighted by Gasteiger charge is -2.41. The van der Waals surface area contributed by atoms with Crippen molar-refractivity contribution < 1.29 is 38.3 Å². The minimum absolute atomic E-state index is 0.0165. The number of hydrogen-bond donors (Lipinski definition) is 3. The van der Waals surface area contributed by atoms with Gasteiger partial charge in [0.25, 0.3) is 0 Å². The number of nitrogens with zero attached hydrogens (tertiary/aromatic N) is 7. The summed E-state index contributed by atoms with van der Waals surface area (Å²) in [4.78, 5) is 108. The summed E-state index contributed by atoms with van der Waals surface area (Å²) in [5.74, 6) is -0.291. The van der Waals surface area contributed by atoms with Crippen LogP contribution < -0.4 is 16.0 Å². The monoisotopic (exact) mass is 1100 g/mol. The molecule has 5 saturated heterocycles. The van der Waals surface area contributed by atoms with Crippen molar-refractivity contribution in [2.75, 3.05) is 81.1 Å². The number of esters is 1. The minimum atomic E-state index is -0.669. The maximum atomic E-state index is 14.2. The molecule has 6 amide bonds. The predicted octanol–water partition coefficient (Wildman–Crippen LogP) is 5.38. The summed E-state index contributed by atoms with van der Waals surface area (Å²) in [5, 5.41) is 9.28. The van der Waals surface area contributed by atoms with Crippen LogP contribution in [0, 0.1) is 22.7 Å². The molecule has 3 N–H and O–H groups in total. The van der Waals surface area contributed by atoms with Crippen molar-refractivity contribution in [3.8, 4) is 0 Å². The Morgan fingerprint density at radius 1 is 0.557 bits per heavy atom. The second-order valence-corrected chi connectivity index (χ2v) is 26.3. The van der Waals surface area contributed by atoms with Gasteiger partial charge in [-0.15, -0.1) is 0 Å². The summed E-state index contributed by atoms with van der Waals surface area (Å²) in [6.07, 6.45) is 10.7. The van der Waals surface area contributed by atoms with Gasteiger partial charge >= 0.3 is 5.97 Å². The van der Waals surface area contributed by atoms with Crippen molar-refractivity contribution in [2.24, 2.45) is 22.7 Å². The van der Waals surface area contributed by atoms with E-state index >= 15 is 0 Å². The van der Waals surface area contributed by atoms with Gasteiger partial charge in [-0.25, -0.2) is 0 Å². The summed E-state index contributed by atoms with van der Waals surface area (Å²) in [6.45, 7) is 25.9. The van der Waals surface area contributed by atoms with Crippen LogP contribution in [0.15, 0.2) is 30.3 Å². The lowest BCUT2D eigenvalue weighted by molar-refractivity contribution is -0.147. The molecule has 5 heterocycles. The van der Waals surface area contributed by atoms with Crippen molar-refractivity contribution in [1.29, 1.82) is 0 Å². The van der Waals surface area contributed by atoms with Gasteiger partial charge in [0.05, 0.1) is 25.2 Å². The third kappa shape index (κ3) is 17.4. The minimum Gasteiger partial charge on any atom is -0.468 e. The molecule has 79 heavy (non-hydrogen) atoms. The van der Waals surface area contributed by atoms with Gasteiger partial charge in [0.15, 0.2) is 0 Å². The Labute approximate surface area is 475 Å². The number of hydrogen-bond acceptors (Lipinski definition) is 12. The van der Waals surface area contributed by atoms with Crippen LogP contribution >= 0.6 is 0 Å². The van der Waals surface area contributed by atoms with Crippen molar-refractivity contribution in [2.45, 2.75) is 207 Å². The van der Waals surface area contributed by atoms with Gasteiger partial charge in [-0.2, -0.15) is 0 Å². The molecule has 0 saturated carbocycles. The molecule has 5 aliphatic rings. The molecule has 5 aliphatic heterocycles. The zero-order valence-corrected chi connectivity index (χ0v) is 51.3. The fourth-order valence-electron chi connectivity index (χ4n) is 12.5. The molecule has 0 bridgehead atoms. The number of carbonyl (C=O) groups excluding carboxylic acids is 7. The molecule has 9 atom stereocenters. The average Bonchev–Trinajstić information content (AvgIpc) is 4.22. The van der Waals surface area contributed by atoms with E-state index in [0.29, 0.717) is 32.6 Å². The summed E-state index contributed by atoms with van der Waals surface area (Å²) in [7, 11) is 9.05. The van der Waals surface area contributed by atoms with E-state index in [1.54, 1.807) is 14.7 Å². The van der Waals surface area contributed by atoms with Crippen LogP contribution in [0.2, 0.25) is 0 Å². The first-order chi connectivity index (χ1) is 37.2. The van der Waals surface area contributed by atoms with Crippen LogP contribution in [-0.2, 0) is 44.8 Å². The quantitative estimate of drug-likeness (QED) is 0.151. The first-order valence-corrected chi connectivity index (χ1v) is 29.9. The Morgan fingerprint density at radius 3 is 1.41 bits per heavy atom. The highest BCUT2D eigenvalue weighted by Gasteiger charge is 2.45. The van der Waals surface area contributed by atoms with Gasteiger partial charge in [-0.1, -0.05) is 112 Å². The van der Waals surface area contributed by atoms with E-state index in [-0.39, 0.29) is 89.5 Å². The highest BCUT2D eigenvalue weighted by molar-refractivity contribution is 5.92. The predicted molar refractivity (Wildman–Crippen MR) is 310 cm³/mol. The molecule has 6 rings (SSSR count). The number of carbonyl (C=O) groups is 7. The molecular formula is C61H104N10O8. The zero-order valence-electron chi connectivity index (χ0n) is 51.3. The number of piperidine rings is 2. The number of nitrogens with one attached hydrogen (secondary N) is 3. The van der Waals surface area contributed by atoms with Gasteiger partial charge in [0, 0.05) is 52.4 Å². The lowest BCUT2D eigenvalue weighted by Crippen LogP contribution is -2.61. The van der Waals surface area contributed by atoms with Gasteiger partial charge in [-0.3, -0.25) is 53.2 Å². The number of rotatable bonds is 19. The Balaban J connectivity index is 0.000000308. The third-order valence-electron chi connectivity index (χ3n) is 17.7. The molecule has 1 aromatic carbocycles. The molecule has 2 unspecified atom stereocenters. The number of methoxy groups -OCH3 is 1. The first kappa shape index (κ1) is 65.2. The molecule has 18 nitrogen and oxygen atoms in total.